The average molecular weight is 372 g/mol. The van der Waals surface area contributed by atoms with Crippen LogP contribution in [0, 0.1) is 20.8 Å². The molecule has 0 bridgehead atoms. The molecule has 3 aromatic rings. The third-order valence-electron chi connectivity index (χ3n) is 4.85. The number of benzene rings is 1. The number of hydrogen-bond acceptors (Lipinski definition) is 5. The fourth-order valence-electron chi connectivity index (χ4n) is 3.25. The molecule has 0 fully saturated rings. The second-order valence-corrected chi connectivity index (χ2v) is 7.61. The van der Waals surface area contributed by atoms with Crippen molar-refractivity contribution in [2.45, 2.75) is 53.8 Å². The number of rotatable bonds is 6. The van der Waals surface area contributed by atoms with Gasteiger partial charge in [0.2, 0.25) is 0 Å². The summed E-state index contributed by atoms with van der Waals surface area (Å²) in [5.74, 6) is -0.252. The lowest BCUT2D eigenvalue weighted by atomic mass is 9.93. The largest absolute Gasteiger partial charge is 0.461 e. The van der Waals surface area contributed by atoms with E-state index in [1.54, 1.807) is 11.3 Å². The Morgan fingerprint density at radius 3 is 2.73 bits per heavy atom. The lowest BCUT2D eigenvalue weighted by Crippen LogP contribution is -2.20. The number of thiazole rings is 1. The molecule has 0 amide bonds. The molecule has 26 heavy (non-hydrogen) atoms. The van der Waals surface area contributed by atoms with E-state index in [-0.39, 0.29) is 12.0 Å². The van der Waals surface area contributed by atoms with Crippen molar-refractivity contribution in [1.29, 1.82) is 0 Å². The van der Waals surface area contributed by atoms with Crippen LogP contribution < -0.4 is 5.32 Å². The summed E-state index contributed by atoms with van der Waals surface area (Å²) in [5, 5.41) is 5.62. The van der Waals surface area contributed by atoms with Gasteiger partial charge in [-0.1, -0.05) is 6.07 Å². The highest BCUT2D eigenvalue weighted by Gasteiger charge is 2.15. The average Bonchev–Trinajstić information content (AvgIpc) is 3.15. The van der Waals surface area contributed by atoms with E-state index in [1.807, 2.05) is 11.6 Å². The second-order valence-electron chi connectivity index (χ2n) is 6.73. The van der Waals surface area contributed by atoms with Gasteiger partial charge in [0.1, 0.15) is 6.61 Å². The summed E-state index contributed by atoms with van der Waals surface area (Å²) in [6.07, 6.45) is 4.10. The van der Waals surface area contributed by atoms with Crippen molar-refractivity contribution < 1.29 is 9.53 Å². The van der Waals surface area contributed by atoms with Crippen molar-refractivity contribution in [3.05, 3.63) is 57.4 Å². The second kappa shape index (κ2) is 7.60. The fraction of sp³-hybridized carbons (Fsp3) is 0.400. The Morgan fingerprint density at radius 1 is 1.31 bits per heavy atom. The van der Waals surface area contributed by atoms with Crippen LogP contribution in [-0.4, -0.2) is 15.4 Å². The minimum Gasteiger partial charge on any atom is -0.461 e. The van der Waals surface area contributed by atoms with E-state index in [0.717, 1.165) is 28.3 Å². The maximum atomic E-state index is 11.2. The summed E-state index contributed by atoms with van der Waals surface area (Å²) in [6, 6.07) is 2.32. The van der Waals surface area contributed by atoms with Crippen LogP contribution >= 0.6 is 11.3 Å². The molecular weight excluding hydrogens is 346 g/mol. The van der Waals surface area contributed by atoms with Gasteiger partial charge in [0.05, 0.1) is 5.69 Å². The minimum atomic E-state index is -0.252. The summed E-state index contributed by atoms with van der Waals surface area (Å²) in [5.41, 5.74) is 6.99. The molecule has 6 heteroatoms. The van der Waals surface area contributed by atoms with Crippen LogP contribution in [0.15, 0.2) is 23.8 Å². The Morgan fingerprint density at radius 2 is 2.04 bits per heavy atom. The summed E-state index contributed by atoms with van der Waals surface area (Å²) in [4.78, 5) is 16.9. The molecule has 1 atom stereocenters. The van der Waals surface area contributed by atoms with Crippen LogP contribution in [0.1, 0.15) is 53.4 Å². The van der Waals surface area contributed by atoms with Crippen LogP contribution in [0.5, 0.6) is 0 Å². The summed E-state index contributed by atoms with van der Waals surface area (Å²) in [7, 11) is 0. The van der Waals surface area contributed by atoms with Crippen LogP contribution in [-0.2, 0) is 22.7 Å². The van der Waals surface area contributed by atoms with Crippen molar-refractivity contribution in [2.75, 3.05) is 0 Å². The Kier molecular flexibility index (Phi) is 5.44. The molecule has 0 unspecified atom stereocenters. The Bertz CT molecular complexity index is 914. The van der Waals surface area contributed by atoms with Gasteiger partial charge in [-0.25, -0.2) is 4.98 Å². The third kappa shape index (κ3) is 3.81. The number of carbonyl (C=O) groups excluding carboxylic acids is 1. The molecule has 0 aliphatic rings. The quantitative estimate of drug-likeness (QED) is 0.659. The highest BCUT2D eigenvalue weighted by atomic mass is 32.1. The molecule has 3 rings (SSSR count). The summed E-state index contributed by atoms with van der Waals surface area (Å²) >= 11 is 1.64. The number of carbonyl (C=O) groups is 1. The third-order valence-corrected chi connectivity index (χ3v) is 5.62. The molecule has 0 spiro atoms. The van der Waals surface area contributed by atoms with Crippen molar-refractivity contribution in [2.24, 2.45) is 0 Å². The van der Waals surface area contributed by atoms with E-state index < -0.39 is 0 Å². The van der Waals surface area contributed by atoms with Gasteiger partial charge in [0, 0.05) is 37.3 Å². The smallest absolute Gasteiger partial charge is 0.302 e. The van der Waals surface area contributed by atoms with E-state index in [9.17, 15) is 4.79 Å². The molecule has 5 nitrogen and oxygen atoms in total. The number of imidazole rings is 1. The molecule has 2 aromatic heterocycles. The Hall–Kier alpha value is -2.18. The molecular formula is C20H25N3O2S. The van der Waals surface area contributed by atoms with E-state index in [1.165, 1.54) is 23.6 Å². The number of nitrogens with one attached hydrogen (secondary N) is 1. The highest BCUT2D eigenvalue weighted by Crippen LogP contribution is 2.24. The number of aromatic nitrogens is 2. The normalized spacial score (nSPS) is 12.5. The SMILES string of the molecule is CC(=O)OCc1c(C)cc(C)c(CN[C@@H](C)c2cn3ccsc3n2)c1C. The molecule has 0 aliphatic carbocycles. The van der Waals surface area contributed by atoms with Gasteiger partial charge < -0.3 is 10.1 Å². The predicted octanol–water partition coefficient (Wildman–Crippen LogP) is 4.23. The predicted molar refractivity (Wildman–Crippen MR) is 104 cm³/mol. The maximum Gasteiger partial charge on any atom is 0.302 e. The van der Waals surface area contributed by atoms with Crippen LogP contribution in [0.4, 0.5) is 0 Å². The number of hydrogen-bond donors (Lipinski definition) is 1. The first-order valence-electron chi connectivity index (χ1n) is 8.74. The molecule has 1 aromatic carbocycles. The van der Waals surface area contributed by atoms with E-state index in [2.05, 4.69) is 54.7 Å². The topological polar surface area (TPSA) is 55.6 Å². The molecule has 0 aliphatic heterocycles. The van der Waals surface area contributed by atoms with Crippen LogP contribution in [0.2, 0.25) is 0 Å². The number of esters is 1. The number of nitrogens with zero attached hydrogens (tertiary/aromatic N) is 2. The first kappa shape index (κ1) is 18.6. The number of aryl methyl sites for hydroxylation is 2. The standard InChI is InChI=1S/C20H25N3O2S/c1-12-8-13(2)18(11-25-16(5)24)14(3)17(12)9-21-15(4)19-10-23-6-7-26-20(23)22-19/h6-8,10,15,21H,9,11H2,1-5H3/t15-/m0/s1. The highest BCUT2D eigenvalue weighted by molar-refractivity contribution is 7.15. The fourth-order valence-corrected chi connectivity index (χ4v) is 3.96. The van der Waals surface area contributed by atoms with Gasteiger partial charge in [-0.05, 0) is 55.5 Å². The first-order valence-corrected chi connectivity index (χ1v) is 9.62. The summed E-state index contributed by atoms with van der Waals surface area (Å²) in [6.45, 7) is 10.9. The van der Waals surface area contributed by atoms with Crippen molar-refractivity contribution in [1.82, 2.24) is 14.7 Å². The van der Waals surface area contributed by atoms with E-state index in [4.69, 9.17) is 4.74 Å². The minimum absolute atomic E-state index is 0.152. The Labute approximate surface area is 158 Å². The molecule has 1 N–H and O–H groups in total. The maximum absolute atomic E-state index is 11.2. The van der Waals surface area contributed by atoms with E-state index >= 15 is 0 Å². The van der Waals surface area contributed by atoms with E-state index in [0.29, 0.717) is 6.61 Å². The van der Waals surface area contributed by atoms with Crippen LogP contribution in [0.3, 0.4) is 0 Å². The lowest BCUT2D eigenvalue weighted by molar-refractivity contribution is -0.142. The summed E-state index contributed by atoms with van der Waals surface area (Å²) < 4.78 is 7.29. The van der Waals surface area contributed by atoms with Crippen LogP contribution in [0.25, 0.3) is 4.96 Å². The number of ether oxygens (including phenoxy) is 1. The lowest BCUT2D eigenvalue weighted by Gasteiger charge is -2.19. The van der Waals surface area contributed by atoms with Gasteiger partial charge in [-0.3, -0.25) is 9.20 Å². The Balaban J connectivity index is 1.76. The molecule has 0 saturated carbocycles. The van der Waals surface area contributed by atoms with Crippen molar-refractivity contribution >= 4 is 22.3 Å². The zero-order chi connectivity index (χ0) is 18.8. The molecule has 138 valence electrons. The van der Waals surface area contributed by atoms with Gasteiger partial charge in [0.25, 0.3) is 0 Å². The zero-order valence-electron chi connectivity index (χ0n) is 15.9. The van der Waals surface area contributed by atoms with Crippen molar-refractivity contribution in [3.8, 4) is 0 Å². The molecule has 0 radical (unpaired) electrons. The first-order chi connectivity index (χ1) is 12.4. The van der Waals surface area contributed by atoms with Gasteiger partial charge in [-0.15, -0.1) is 11.3 Å². The van der Waals surface area contributed by atoms with Gasteiger partial charge in [-0.2, -0.15) is 0 Å². The molecule has 2 heterocycles. The zero-order valence-corrected chi connectivity index (χ0v) is 16.7. The molecule has 0 saturated heterocycles. The monoisotopic (exact) mass is 371 g/mol. The number of fused-ring (bicyclic) bond motifs is 1. The van der Waals surface area contributed by atoms with Gasteiger partial charge >= 0.3 is 5.97 Å². The van der Waals surface area contributed by atoms with Crippen molar-refractivity contribution in [3.63, 3.8) is 0 Å². The van der Waals surface area contributed by atoms with Gasteiger partial charge in [0.15, 0.2) is 4.96 Å².